The van der Waals surface area contributed by atoms with Gasteiger partial charge in [-0.2, -0.15) is 0 Å². The smallest absolute Gasteiger partial charge is 0.162 e. The number of benzene rings is 3. The number of aromatic nitrogens is 2. The third kappa shape index (κ3) is 8.79. The van der Waals surface area contributed by atoms with Crippen LogP contribution in [0.3, 0.4) is 0 Å². The van der Waals surface area contributed by atoms with E-state index >= 15 is 0 Å². The van der Waals surface area contributed by atoms with Gasteiger partial charge < -0.3 is 5.11 Å². The summed E-state index contributed by atoms with van der Waals surface area (Å²) >= 11 is 1.68. The molecule has 0 spiro atoms. The summed E-state index contributed by atoms with van der Waals surface area (Å²) in [6.07, 6.45) is 6.80. The van der Waals surface area contributed by atoms with Crippen LogP contribution in [0.1, 0.15) is 85.4 Å². The predicted molar refractivity (Wildman–Crippen MR) is 192 cm³/mol. The Bertz CT molecular complexity index is 1790. The number of fused-ring (bicyclic) bond motifs is 2. The average Bonchev–Trinajstić information content (AvgIpc) is 3.47. The molecule has 3 aromatic carbocycles. The third-order valence-corrected chi connectivity index (χ3v) is 9.56. The molecule has 0 aliphatic heterocycles. The Morgan fingerprint density at radius 3 is 2.22 bits per heavy atom. The van der Waals surface area contributed by atoms with Crippen molar-refractivity contribution >= 4 is 38.7 Å². The van der Waals surface area contributed by atoms with Crippen molar-refractivity contribution in [1.82, 2.24) is 9.97 Å². The van der Waals surface area contributed by atoms with Crippen molar-refractivity contribution in [3.05, 3.63) is 95.3 Å². The van der Waals surface area contributed by atoms with Crippen molar-refractivity contribution in [3.8, 4) is 21.8 Å². The van der Waals surface area contributed by atoms with Crippen LogP contribution in [-0.2, 0) is 30.3 Å². The summed E-state index contributed by atoms with van der Waals surface area (Å²) in [5.41, 5.74) is 5.58. The second-order valence-corrected chi connectivity index (χ2v) is 13.6. The predicted octanol–water partition coefficient (Wildman–Crippen LogP) is 11.5. The molecular weight excluding hydrogens is 765 g/mol. The summed E-state index contributed by atoms with van der Waals surface area (Å²) in [5, 5.41) is 17.6. The van der Waals surface area contributed by atoms with Crippen molar-refractivity contribution in [2.24, 2.45) is 11.8 Å². The van der Waals surface area contributed by atoms with Gasteiger partial charge in [0.1, 0.15) is 5.01 Å². The van der Waals surface area contributed by atoms with Gasteiger partial charge in [0.05, 0.1) is 5.76 Å². The van der Waals surface area contributed by atoms with E-state index in [2.05, 4.69) is 91.8 Å². The fourth-order valence-corrected chi connectivity index (χ4v) is 6.56. The van der Waals surface area contributed by atoms with Crippen molar-refractivity contribution in [3.63, 3.8) is 0 Å². The quantitative estimate of drug-likeness (QED) is 0.0915. The zero-order valence-electron chi connectivity index (χ0n) is 28.4. The summed E-state index contributed by atoms with van der Waals surface area (Å²) in [6.45, 7) is 16.9. The molecule has 46 heavy (non-hydrogen) atoms. The molecule has 1 radical (unpaired) electrons. The second kappa shape index (κ2) is 16.6. The van der Waals surface area contributed by atoms with E-state index in [4.69, 9.17) is 4.98 Å². The largest absolute Gasteiger partial charge is 0.512 e. The molecule has 0 atom stereocenters. The number of ketones is 1. The number of aliphatic hydroxyl groups is 1. The van der Waals surface area contributed by atoms with Gasteiger partial charge >= 0.3 is 0 Å². The fourth-order valence-electron chi connectivity index (χ4n) is 5.77. The molecular formula is C40H47IrN2O2S-. The van der Waals surface area contributed by atoms with Gasteiger partial charge in [0.25, 0.3) is 0 Å². The first kappa shape index (κ1) is 37.3. The fraction of sp³-hybridized carbons (Fsp3) is 0.375. The maximum absolute atomic E-state index is 11.7. The van der Waals surface area contributed by atoms with Crippen LogP contribution in [0.4, 0.5) is 0 Å². The summed E-state index contributed by atoms with van der Waals surface area (Å²) in [6, 6.07) is 23.0. The average molecular weight is 812 g/mol. The standard InChI is InChI=1S/C27H23N2S.C13H24O2.Ir/c1-17-16-30-26(29-17)20-9-10-23-19(13-20)11-12-28-25(23)21-14-18-7-5-6-8-22(18)24(15-21)27(2,3)4;1-5-10(6-2)12(14)9-13(15)11(7-3)8-4;/h5-13,15-16H,1-4H3;9-11,14H,5-8H2,1-4H3;/q-1;;/b;12-9-;. The molecule has 0 fully saturated rings. The van der Waals surface area contributed by atoms with Gasteiger partial charge in [-0.05, 0) is 60.9 Å². The maximum atomic E-state index is 11.7. The van der Waals surface area contributed by atoms with E-state index in [1.165, 1.54) is 22.4 Å². The number of allylic oxidation sites excluding steroid dienone is 2. The van der Waals surface area contributed by atoms with Crippen LogP contribution in [0.25, 0.3) is 43.4 Å². The first-order chi connectivity index (χ1) is 21.5. The van der Waals surface area contributed by atoms with E-state index in [0.717, 1.165) is 64.0 Å². The molecule has 0 saturated carbocycles. The van der Waals surface area contributed by atoms with Crippen molar-refractivity contribution in [2.75, 3.05) is 0 Å². The Balaban J connectivity index is 0.000000309. The Morgan fingerprint density at radius 2 is 1.61 bits per heavy atom. The van der Waals surface area contributed by atoms with Gasteiger partial charge in [-0.15, -0.1) is 40.5 Å². The van der Waals surface area contributed by atoms with E-state index in [-0.39, 0.29) is 48.9 Å². The first-order valence-electron chi connectivity index (χ1n) is 16.2. The molecule has 245 valence electrons. The zero-order valence-corrected chi connectivity index (χ0v) is 31.6. The molecule has 0 bridgehead atoms. The van der Waals surface area contributed by atoms with E-state index in [1.807, 2.05) is 40.8 Å². The van der Waals surface area contributed by atoms with Crippen LogP contribution in [0.15, 0.2) is 78.0 Å². The number of hydrogen-bond acceptors (Lipinski definition) is 5. The number of hydrogen-bond donors (Lipinski definition) is 1. The van der Waals surface area contributed by atoms with Crippen LogP contribution in [-0.4, -0.2) is 20.9 Å². The normalized spacial score (nSPS) is 11.9. The van der Waals surface area contributed by atoms with E-state index < -0.39 is 0 Å². The molecule has 0 amide bonds. The Morgan fingerprint density at radius 1 is 0.935 bits per heavy atom. The van der Waals surface area contributed by atoms with Gasteiger partial charge in [0.15, 0.2) is 5.78 Å². The summed E-state index contributed by atoms with van der Waals surface area (Å²) in [4.78, 5) is 21.1. The number of carbonyl (C=O) groups excluding carboxylic acids is 1. The molecule has 2 aromatic heterocycles. The number of aryl methyl sites for hydroxylation is 1. The van der Waals surface area contributed by atoms with Gasteiger partial charge in [-0.1, -0.05) is 89.7 Å². The number of nitrogens with zero attached hydrogens (tertiary/aromatic N) is 2. The zero-order chi connectivity index (χ0) is 32.7. The minimum atomic E-state index is 0. The van der Waals surface area contributed by atoms with Gasteiger partial charge in [-0.3, -0.25) is 9.78 Å². The SMILES string of the molecule is CCC(CC)C(=O)/C=C(\O)C(CC)CC.Cc1csc(-c2ccc3c(-c4[c-]c5ccccc5c(C(C)(C)C)c4)nccc3c2)n1.[Ir]. The molecule has 0 aliphatic rings. The number of rotatable bonds is 9. The number of thiazole rings is 1. The van der Waals surface area contributed by atoms with Crippen LogP contribution in [0, 0.1) is 24.8 Å². The summed E-state index contributed by atoms with van der Waals surface area (Å²) in [7, 11) is 0. The molecule has 1 N–H and O–H groups in total. The molecule has 0 aliphatic carbocycles. The van der Waals surface area contributed by atoms with Crippen LogP contribution in [0.2, 0.25) is 0 Å². The molecule has 0 saturated heterocycles. The second-order valence-electron chi connectivity index (χ2n) is 12.8. The van der Waals surface area contributed by atoms with Crippen molar-refractivity contribution in [2.45, 2.75) is 86.5 Å². The maximum Gasteiger partial charge on any atom is 0.162 e. The van der Waals surface area contributed by atoms with Gasteiger partial charge in [0, 0.05) is 66.5 Å². The first-order valence-corrected chi connectivity index (χ1v) is 17.1. The molecule has 2 heterocycles. The van der Waals surface area contributed by atoms with E-state index in [9.17, 15) is 9.90 Å². The van der Waals surface area contributed by atoms with Crippen LogP contribution in [0.5, 0.6) is 0 Å². The van der Waals surface area contributed by atoms with Crippen molar-refractivity contribution < 1.29 is 30.0 Å². The summed E-state index contributed by atoms with van der Waals surface area (Å²) in [5.74, 6) is 0.547. The molecule has 6 heteroatoms. The number of aliphatic hydroxyl groups excluding tert-OH is 1. The van der Waals surface area contributed by atoms with Crippen LogP contribution >= 0.6 is 11.3 Å². The van der Waals surface area contributed by atoms with E-state index in [1.54, 1.807) is 11.3 Å². The van der Waals surface area contributed by atoms with E-state index in [0.29, 0.717) is 0 Å². The minimum Gasteiger partial charge on any atom is -0.512 e. The minimum absolute atomic E-state index is 0. The topological polar surface area (TPSA) is 63.1 Å². The Labute approximate surface area is 292 Å². The molecule has 0 unspecified atom stereocenters. The molecule has 5 aromatic rings. The summed E-state index contributed by atoms with van der Waals surface area (Å²) < 4.78 is 0. The van der Waals surface area contributed by atoms with Crippen LogP contribution < -0.4 is 0 Å². The third-order valence-electron chi connectivity index (χ3n) is 8.55. The number of pyridine rings is 1. The van der Waals surface area contributed by atoms with Gasteiger partial charge in [-0.25, -0.2) is 4.98 Å². The monoisotopic (exact) mass is 812 g/mol. The Kier molecular flexibility index (Phi) is 13.4. The molecule has 5 rings (SSSR count). The number of carbonyl (C=O) groups is 1. The van der Waals surface area contributed by atoms with Gasteiger partial charge in [0.2, 0.25) is 0 Å². The molecule has 4 nitrogen and oxygen atoms in total. The van der Waals surface area contributed by atoms with Crippen molar-refractivity contribution in [1.29, 1.82) is 0 Å². The Hall–Kier alpha value is -3.18.